The van der Waals surface area contributed by atoms with E-state index in [-0.39, 0.29) is 50.4 Å². The van der Waals surface area contributed by atoms with E-state index in [1.807, 2.05) is 68.4 Å². The molecule has 0 radical (unpaired) electrons. The number of benzene rings is 4. The van der Waals surface area contributed by atoms with Gasteiger partial charge in [-0.25, -0.2) is 4.79 Å². The van der Waals surface area contributed by atoms with Gasteiger partial charge in [-0.3, -0.25) is 24.0 Å². The number of hydrogen-bond donors (Lipinski definition) is 7. The molecular formula is C45H52N6O8. The first kappa shape index (κ1) is 43.4. The molecule has 310 valence electrons. The van der Waals surface area contributed by atoms with E-state index in [2.05, 4.69) is 31.9 Å². The molecule has 4 aromatic rings. The SMILES string of the molecule is CC(C)CC1NC(=O)CCC(NC(=O)C(Cc2ccc(O)cc2)NC(=O)OCc2ccccc2)C(=O)NC(Cc2ccccc2)C(=O)NC(Cc2ccccc2)NC1=O. The first-order valence-electron chi connectivity index (χ1n) is 19.8. The van der Waals surface area contributed by atoms with Gasteiger partial charge in [0.25, 0.3) is 0 Å². The minimum atomic E-state index is -1.36. The van der Waals surface area contributed by atoms with E-state index in [1.54, 1.807) is 48.5 Å². The van der Waals surface area contributed by atoms with Crippen LogP contribution in [0, 0.1) is 5.92 Å². The quantitative estimate of drug-likeness (QED) is 0.106. The van der Waals surface area contributed by atoms with Crippen molar-refractivity contribution in [1.82, 2.24) is 31.9 Å². The number of phenols is 1. The van der Waals surface area contributed by atoms with E-state index < -0.39 is 66.0 Å². The number of aromatic hydroxyl groups is 1. The topological polar surface area (TPSA) is 204 Å². The Morgan fingerprint density at radius 3 is 1.83 bits per heavy atom. The van der Waals surface area contributed by atoms with Crippen LogP contribution in [0.3, 0.4) is 0 Å². The van der Waals surface area contributed by atoms with E-state index in [0.717, 1.165) is 16.7 Å². The second-order valence-electron chi connectivity index (χ2n) is 15.0. The predicted octanol–water partition coefficient (Wildman–Crippen LogP) is 3.57. The summed E-state index contributed by atoms with van der Waals surface area (Å²) in [5, 5.41) is 26.6. The number of phenolic OH excluding ortho intramolecular Hbond substituents is 1. The summed E-state index contributed by atoms with van der Waals surface area (Å²) in [5.74, 6) is -3.07. The molecule has 14 nitrogen and oxygen atoms in total. The monoisotopic (exact) mass is 804 g/mol. The van der Waals surface area contributed by atoms with Crippen molar-refractivity contribution >= 4 is 35.6 Å². The molecule has 14 heteroatoms. The number of carbonyl (C=O) groups excluding carboxylic acids is 6. The van der Waals surface area contributed by atoms with Crippen LogP contribution in [0.1, 0.15) is 55.4 Å². The van der Waals surface area contributed by atoms with Crippen molar-refractivity contribution in [2.45, 2.75) is 89.3 Å². The Balaban J connectivity index is 1.43. The number of alkyl carbamates (subject to hydrolysis) is 1. The zero-order chi connectivity index (χ0) is 42.1. The third-order valence-electron chi connectivity index (χ3n) is 9.68. The molecule has 0 bridgehead atoms. The van der Waals surface area contributed by atoms with Crippen molar-refractivity contribution in [3.63, 3.8) is 0 Å². The fraction of sp³-hybridized carbons (Fsp3) is 0.333. The zero-order valence-corrected chi connectivity index (χ0v) is 33.2. The van der Waals surface area contributed by atoms with Gasteiger partial charge in [-0.05, 0) is 53.1 Å². The molecule has 0 spiro atoms. The van der Waals surface area contributed by atoms with Gasteiger partial charge in [-0.2, -0.15) is 0 Å². The molecule has 1 heterocycles. The van der Waals surface area contributed by atoms with Gasteiger partial charge in [-0.1, -0.05) is 117 Å². The Labute approximate surface area is 343 Å². The number of hydrogen-bond acceptors (Lipinski definition) is 8. The highest BCUT2D eigenvalue weighted by Crippen LogP contribution is 2.14. The average Bonchev–Trinajstić information content (AvgIpc) is 3.22. The predicted molar refractivity (Wildman–Crippen MR) is 220 cm³/mol. The van der Waals surface area contributed by atoms with Crippen LogP contribution < -0.4 is 31.9 Å². The van der Waals surface area contributed by atoms with Crippen molar-refractivity contribution in [3.05, 3.63) is 138 Å². The lowest BCUT2D eigenvalue weighted by Crippen LogP contribution is -2.61. The van der Waals surface area contributed by atoms with Gasteiger partial charge >= 0.3 is 6.09 Å². The van der Waals surface area contributed by atoms with Crippen molar-refractivity contribution in [3.8, 4) is 5.75 Å². The third kappa shape index (κ3) is 14.3. The van der Waals surface area contributed by atoms with Gasteiger partial charge < -0.3 is 41.7 Å². The van der Waals surface area contributed by atoms with Crippen LogP contribution in [0.2, 0.25) is 0 Å². The Morgan fingerprint density at radius 2 is 1.24 bits per heavy atom. The molecule has 1 aliphatic rings. The fourth-order valence-corrected chi connectivity index (χ4v) is 6.63. The molecule has 5 atom stereocenters. The van der Waals surface area contributed by atoms with E-state index in [1.165, 1.54) is 12.1 Å². The Kier molecular flexibility index (Phi) is 16.0. The summed E-state index contributed by atoms with van der Waals surface area (Å²) >= 11 is 0. The molecule has 1 fully saturated rings. The Morgan fingerprint density at radius 1 is 0.678 bits per heavy atom. The first-order valence-corrected chi connectivity index (χ1v) is 19.8. The fourth-order valence-electron chi connectivity index (χ4n) is 6.63. The normalized spacial score (nSPS) is 19.5. The van der Waals surface area contributed by atoms with Crippen molar-refractivity contribution in [2.75, 3.05) is 0 Å². The summed E-state index contributed by atoms with van der Waals surface area (Å²) in [4.78, 5) is 82.9. The molecule has 59 heavy (non-hydrogen) atoms. The Bertz CT molecular complexity index is 2010. The second kappa shape index (κ2) is 21.7. The third-order valence-corrected chi connectivity index (χ3v) is 9.68. The van der Waals surface area contributed by atoms with Gasteiger partial charge in [-0.15, -0.1) is 0 Å². The Hall–Kier alpha value is -6.70. The molecule has 0 aliphatic carbocycles. The van der Waals surface area contributed by atoms with Crippen LogP contribution in [-0.2, 0) is 54.6 Å². The lowest BCUT2D eigenvalue weighted by Gasteiger charge is -2.29. The summed E-state index contributed by atoms with van der Waals surface area (Å²) in [5.41, 5.74) is 2.88. The van der Waals surface area contributed by atoms with Crippen LogP contribution in [0.4, 0.5) is 4.79 Å². The van der Waals surface area contributed by atoms with Gasteiger partial charge in [0.05, 0.1) is 0 Å². The second-order valence-corrected chi connectivity index (χ2v) is 15.0. The number of ether oxygens (including phenoxy) is 1. The highest BCUT2D eigenvalue weighted by molar-refractivity contribution is 5.95. The maximum absolute atomic E-state index is 14.3. The van der Waals surface area contributed by atoms with Crippen LogP contribution in [0.25, 0.3) is 0 Å². The van der Waals surface area contributed by atoms with Crippen LogP contribution >= 0.6 is 0 Å². The lowest BCUT2D eigenvalue weighted by atomic mass is 10.0. The maximum Gasteiger partial charge on any atom is 0.408 e. The summed E-state index contributed by atoms with van der Waals surface area (Å²) in [7, 11) is 0. The van der Waals surface area contributed by atoms with E-state index in [9.17, 15) is 33.9 Å². The molecule has 6 amide bonds. The molecule has 0 saturated carbocycles. The number of amides is 6. The van der Waals surface area contributed by atoms with Crippen LogP contribution in [0.5, 0.6) is 5.75 Å². The van der Waals surface area contributed by atoms with Gasteiger partial charge in [0, 0.05) is 25.7 Å². The van der Waals surface area contributed by atoms with E-state index in [0.29, 0.717) is 12.0 Å². The summed E-state index contributed by atoms with van der Waals surface area (Å²) in [6.45, 7) is 3.77. The van der Waals surface area contributed by atoms with Crippen LogP contribution in [0.15, 0.2) is 115 Å². The standard InChI is InChI=1S/C45H52N6O8/c1-29(2)24-36-43(56)50-39(27-31-14-8-4-9-15-31)51-44(57)37(25-30-12-6-3-7-13-30)48-41(54)35(22-23-40(53)46-36)47-42(55)38(26-32-18-20-34(52)21-19-32)49-45(58)59-28-33-16-10-5-11-17-33/h3-21,29,35-39,52H,22-28H2,1-2H3,(H,46,53)(H,47,55)(H,48,54)(H,49,58)(H,50,56)(H,51,57). The van der Waals surface area contributed by atoms with Gasteiger partial charge in [0.15, 0.2) is 0 Å². The number of rotatable bonds is 13. The van der Waals surface area contributed by atoms with Gasteiger partial charge in [0.2, 0.25) is 29.5 Å². The minimum Gasteiger partial charge on any atom is -0.508 e. The van der Waals surface area contributed by atoms with E-state index >= 15 is 0 Å². The maximum atomic E-state index is 14.3. The first-order chi connectivity index (χ1) is 28.4. The minimum absolute atomic E-state index is 0.00764. The highest BCUT2D eigenvalue weighted by atomic mass is 16.5. The smallest absolute Gasteiger partial charge is 0.408 e. The molecule has 7 N–H and O–H groups in total. The van der Waals surface area contributed by atoms with Crippen molar-refractivity contribution in [1.29, 1.82) is 0 Å². The lowest BCUT2D eigenvalue weighted by molar-refractivity contribution is -0.134. The highest BCUT2D eigenvalue weighted by Gasteiger charge is 2.33. The molecular weight excluding hydrogens is 753 g/mol. The summed E-state index contributed by atoms with van der Waals surface area (Å²) < 4.78 is 5.40. The number of carbonyl (C=O) groups is 6. The molecule has 0 aromatic heterocycles. The summed E-state index contributed by atoms with van der Waals surface area (Å²) in [6.07, 6.45) is -1.73. The zero-order valence-electron chi connectivity index (χ0n) is 33.2. The molecule has 4 aromatic carbocycles. The van der Waals surface area contributed by atoms with E-state index in [4.69, 9.17) is 4.74 Å². The average molecular weight is 805 g/mol. The largest absolute Gasteiger partial charge is 0.508 e. The molecule has 5 rings (SSSR count). The van der Waals surface area contributed by atoms with Crippen molar-refractivity contribution in [2.24, 2.45) is 5.92 Å². The summed E-state index contributed by atoms with van der Waals surface area (Å²) in [6, 6.07) is 28.6. The number of nitrogens with one attached hydrogen (secondary N) is 6. The molecule has 1 aliphatic heterocycles. The van der Waals surface area contributed by atoms with Crippen molar-refractivity contribution < 1.29 is 38.6 Å². The van der Waals surface area contributed by atoms with Gasteiger partial charge in [0.1, 0.15) is 42.7 Å². The molecule has 5 unspecified atom stereocenters. The molecule has 1 saturated heterocycles. The van der Waals surface area contributed by atoms with Crippen LogP contribution in [-0.4, -0.2) is 71.1 Å².